The number of unbranched alkanes of at least 4 members (excludes halogenated alkanes) is 5. The van der Waals surface area contributed by atoms with Gasteiger partial charge in [-0.2, -0.15) is 0 Å². The van der Waals surface area contributed by atoms with Gasteiger partial charge in [0.05, 0.1) is 5.69 Å². The van der Waals surface area contributed by atoms with Gasteiger partial charge < -0.3 is 5.32 Å². The van der Waals surface area contributed by atoms with Gasteiger partial charge in [-0.1, -0.05) is 63.3 Å². The lowest BCUT2D eigenvalue weighted by Gasteiger charge is -2.10. The number of sulfonamides is 1. The molecule has 2 aromatic rings. The molecular formula is C21H28N2O3S. The van der Waals surface area contributed by atoms with E-state index in [0.29, 0.717) is 5.56 Å². The summed E-state index contributed by atoms with van der Waals surface area (Å²) in [4.78, 5) is 12.3. The molecule has 0 spiro atoms. The molecule has 2 rings (SSSR count). The molecule has 0 saturated carbocycles. The highest BCUT2D eigenvalue weighted by Crippen LogP contribution is 2.20. The van der Waals surface area contributed by atoms with Crippen molar-refractivity contribution >= 4 is 21.6 Å². The lowest BCUT2D eigenvalue weighted by atomic mass is 10.0. The maximum atomic E-state index is 12.4. The van der Waals surface area contributed by atoms with Gasteiger partial charge in [0, 0.05) is 5.56 Å². The molecular weight excluding hydrogens is 360 g/mol. The van der Waals surface area contributed by atoms with Gasteiger partial charge >= 0.3 is 0 Å². The largest absolute Gasteiger partial charge is 0.321 e. The summed E-state index contributed by atoms with van der Waals surface area (Å²) in [5, 5.41) is 7.82. The van der Waals surface area contributed by atoms with Crippen LogP contribution in [0, 0.1) is 0 Å². The first-order valence-electron chi connectivity index (χ1n) is 9.44. The number of primary sulfonamides is 1. The van der Waals surface area contributed by atoms with Gasteiger partial charge in [-0.15, -0.1) is 0 Å². The van der Waals surface area contributed by atoms with Gasteiger partial charge in [-0.05, 0) is 42.7 Å². The Balaban J connectivity index is 1.93. The number of hydrogen-bond donors (Lipinski definition) is 2. The lowest BCUT2D eigenvalue weighted by Crippen LogP contribution is -2.18. The summed E-state index contributed by atoms with van der Waals surface area (Å²) in [6.07, 6.45) is 8.52. The topological polar surface area (TPSA) is 89.3 Å². The van der Waals surface area contributed by atoms with Crippen molar-refractivity contribution in [2.45, 2.75) is 56.8 Å². The number of aryl methyl sites for hydroxylation is 1. The van der Waals surface area contributed by atoms with Crippen LogP contribution in [0.3, 0.4) is 0 Å². The quantitative estimate of drug-likeness (QED) is 0.588. The fourth-order valence-electron chi connectivity index (χ4n) is 2.94. The minimum atomic E-state index is -3.90. The van der Waals surface area contributed by atoms with Crippen molar-refractivity contribution in [3.05, 3.63) is 59.7 Å². The van der Waals surface area contributed by atoms with Crippen molar-refractivity contribution in [1.82, 2.24) is 0 Å². The van der Waals surface area contributed by atoms with Crippen molar-refractivity contribution in [3.8, 4) is 0 Å². The number of amides is 1. The summed E-state index contributed by atoms with van der Waals surface area (Å²) in [7, 11) is -3.90. The highest BCUT2D eigenvalue weighted by molar-refractivity contribution is 7.89. The van der Waals surface area contributed by atoms with Crippen LogP contribution in [0.15, 0.2) is 53.4 Å². The molecule has 0 unspecified atom stereocenters. The van der Waals surface area contributed by atoms with E-state index in [1.807, 2.05) is 12.1 Å². The molecule has 27 heavy (non-hydrogen) atoms. The van der Waals surface area contributed by atoms with Gasteiger partial charge in [-0.3, -0.25) is 4.79 Å². The third-order valence-corrected chi connectivity index (χ3v) is 5.45. The molecule has 0 radical (unpaired) electrons. The maximum Gasteiger partial charge on any atom is 0.255 e. The van der Waals surface area contributed by atoms with E-state index in [-0.39, 0.29) is 16.5 Å². The number of nitrogens with two attached hydrogens (primary N) is 1. The van der Waals surface area contributed by atoms with E-state index >= 15 is 0 Å². The van der Waals surface area contributed by atoms with E-state index in [0.717, 1.165) is 12.8 Å². The highest BCUT2D eigenvalue weighted by Gasteiger charge is 2.15. The summed E-state index contributed by atoms with van der Waals surface area (Å²) in [6.45, 7) is 2.21. The second-order valence-electron chi connectivity index (χ2n) is 6.71. The van der Waals surface area contributed by atoms with E-state index < -0.39 is 10.0 Å². The Morgan fingerprint density at radius 2 is 1.56 bits per heavy atom. The molecule has 0 aliphatic rings. The first-order chi connectivity index (χ1) is 12.9. The number of nitrogens with one attached hydrogen (secondary N) is 1. The number of benzene rings is 2. The first-order valence-corrected chi connectivity index (χ1v) is 11.0. The SMILES string of the molecule is CCCCCCCCc1ccc(C(=O)Nc2ccccc2S(N)(=O)=O)cc1. The van der Waals surface area contributed by atoms with Gasteiger partial charge in [0.15, 0.2) is 0 Å². The Morgan fingerprint density at radius 1 is 0.926 bits per heavy atom. The fourth-order valence-corrected chi connectivity index (χ4v) is 3.64. The molecule has 0 aliphatic carbocycles. The van der Waals surface area contributed by atoms with Gasteiger partial charge in [0.1, 0.15) is 4.90 Å². The molecule has 3 N–H and O–H groups in total. The number of carbonyl (C=O) groups excluding carboxylic acids is 1. The van der Waals surface area contributed by atoms with Crippen molar-refractivity contribution in [2.24, 2.45) is 5.14 Å². The van der Waals surface area contributed by atoms with Crippen LogP contribution in [0.2, 0.25) is 0 Å². The minimum Gasteiger partial charge on any atom is -0.321 e. The Hall–Kier alpha value is -2.18. The second-order valence-corrected chi connectivity index (χ2v) is 8.24. The molecule has 6 heteroatoms. The summed E-state index contributed by atoms with van der Waals surface area (Å²) in [6, 6.07) is 13.5. The zero-order chi connectivity index (χ0) is 19.7. The molecule has 1 amide bonds. The molecule has 0 saturated heterocycles. The zero-order valence-corrected chi connectivity index (χ0v) is 16.6. The zero-order valence-electron chi connectivity index (χ0n) is 15.8. The Labute approximate surface area is 162 Å². The van der Waals surface area contributed by atoms with Crippen molar-refractivity contribution in [3.63, 3.8) is 0 Å². The number of anilines is 1. The van der Waals surface area contributed by atoms with Gasteiger partial charge in [-0.25, -0.2) is 13.6 Å². The van der Waals surface area contributed by atoms with Crippen molar-refractivity contribution < 1.29 is 13.2 Å². The second kappa shape index (κ2) is 10.2. The van der Waals surface area contributed by atoms with E-state index in [2.05, 4.69) is 12.2 Å². The summed E-state index contributed by atoms with van der Waals surface area (Å²) in [5.41, 5.74) is 1.86. The summed E-state index contributed by atoms with van der Waals surface area (Å²) in [5.74, 6) is -0.364. The van der Waals surface area contributed by atoms with Crippen LogP contribution in [0.1, 0.15) is 61.4 Å². The molecule has 0 fully saturated rings. The van der Waals surface area contributed by atoms with Gasteiger partial charge in [0.2, 0.25) is 10.0 Å². The van der Waals surface area contributed by atoms with Crippen molar-refractivity contribution in [2.75, 3.05) is 5.32 Å². The van der Waals surface area contributed by atoms with Crippen LogP contribution < -0.4 is 10.5 Å². The van der Waals surface area contributed by atoms with Crippen LogP contribution >= 0.6 is 0 Å². The van der Waals surface area contributed by atoms with Gasteiger partial charge in [0.25, 0.3) is 5.91 Å². The molecule has 2 aromatic carbocycles. The van der Waals surface area contributed by atoms with Crippen LogP contribution in [-0.4, -0.2) is 14.3 Å². The standard InChI is InChI=1S/C21H28N2O3S/c1-2-3-4-5-6-7-10-17-13-15-18(16-14-17)21(24)23-19-11-8-9-12-20(19)27(22,25)26/h8-9,11-16H,2-7,10H2,1H3,(H,23,24)(H2,22,25,26). The molecule has 0 bridgehead atoms. The third-order valence-electron chi connectivity index (χ3n) is 4.48. The molecule has 0 heterocycles. The Morgan fingerprint density at radius 3 is 2.22 bits per heavy atom. The smallest absolute Gasteiger partial charge is 0.255 e. The summed E-state index contributed by atoms with van der Waals surface area (Å²) < 4.78 is 23.3. The predicted molar refractivity (Wildman–Crippen MR) is 109 cm³/mol. The number of rotatable bonds is 10. The molecule has 0 atom stereocenters. The molecule has 146 valence electrons. The average Bonchev–Trinajstić information content (AvgIpc) is 2.64. The van der Waals surface area contributed by atoms with Crippen LogP contribution in [-0.2, 0) is 16.4 Å². The van der Waals surface area contributed by atoms with Crippen LogP contribution in [0.25, 0.3) is 0 Å². The van der Waals surface area contributed by atoms with E-state index in [1.54, 1.807) is 24.3 Å². The molecule has 0 aromatic heterocycles. The monoisotopic (exact) mass is 388 g/mol. The molecule has 5 nitrogen and oxygen atoms in total. The van der Waals surface area contributed by atoms with Crippen LogP contribution in [0.4, 0.5) is 5.69 Å². The van der Waals surface area contributed by atoms with E-state index in [9.17, 15) is 13.2 Å². The average molecular weight is 389 g/mol. The maximum absolute atomic E-state index is 12.4. The molecule has 0 aliphatic heterocycles. The van der Waals surface area contributed by atoms with Crippen LogP contribution in [0.5, 0.6) is 0 Å². The number of carbonyl (C=O) groups is 1. The summed E-state index contributed by atoms with van der Waals surface area (Å²) >= 11 is 0. The van der Waals surface area contributed by atoms with E-state index in [1.165, 1.54) is 49.8 Å². The number of para-hydroxylation sites is 1. The normalized spacial score (nSPS) is 11.3. The first kappa shape index (κ1) is 21.1. The number of hydrogen-bond acceptors (Lipinski definition) is 3. The lowest BCUT2D eigenvalue weighted by molar-refractivity contribution is 0.102. The highest BCUT2D eigenvalue weighted by atomic mass is 32.2. The van der Waals surface area contributed by atoms with E-state index in [4.69, 9.17) is 5.14 Å². The minimum absolute atomic E-state index is 0.0990. The fraction of sp³-hybridized carbons (Fsp3) is 0.381. The Bertz CT molecular complexity index is 846. The Kier molecular flexibility index (Phi) is 8.00. The third kappa shape index (κ3) is 6.81. The van der Waals surface area contributed by atoms with Crippen molar-refractivity contribution in [1.29, 1.82) is 0 Å². The predicted octanol–water partition coefficient (Wildman–Crippen LogP) is 4.49.